The lowest BCUT2D eigenvalue weighted by molar-refractivity contribution is -0.0498. The highest BCUT2D eigenvalue weighted by molar-refractivity contribution is 5.79. The number of nitrogens with zero attached hydrogens (tertiary/aromatic N) is 2. The average Bonchev–Trinajstić information content (AvgIpc) is 2.70. The predicted molar refractivity (Wildman–Crippen MR) is 108 cm³/mol. The Morgan fingerprint density at radius 1 is 1.34 bits per heavy atom. The van der Waals surface area contributed by atoms with Crippen LogP contribution in [0.1, 0.15) is 32.4 Å². The number of morpholine rings is 1. The third-order valence-electron chi connectivity index (χ3n) is 4.80. The third-order valence-corrected chi connectivity index (χ3v) is 4.80. The first-order valence-electron chi connectivity index (χ1n) is 9.99. The SMILES string of the molecule is CCNC(=NCC(C)N1CCOCC1C)NCC(O)c1ccc(OC(F)F)cc1. The van der Waals surface area contributed by atoms with Crippen molar-refractivity contribution in [2.75, 3.05) is 39.4 Å². The van der Waals surface area contributed by atoms with Crippen molar-refractivity contribution in [2.24, 2.45) is 4.99 Å². The van der Waals surface area contributed by atoms with Crippen molar-refractivity contribution >= 4 is 5.96 Å². The molecule has 29 heavy (non-hydrogen) atoms. The lowest BCUT2D eigenvalue weighted by atomic mass is 10.1. The summed E-state index contributed by atoms with van der Waals surface area (Å²) >= 11 is 0. The van der Waals surface area contributed by atoms with Gasteiger partial charge in [-0.2, -0.15) is 8.78 Å². The number of rotatable bonds is 9. The van der Waals surface area contributed by atoms with Crippen molar-refractivity contribution < 1.29 is 23.4 Å². The number of guanidine groups is 1. The number of nitrogens with one attached hydrogen (secondary N) is 2. The molecule has 1 heterocycles. The molecule has 0 aliphatic carbocycles. The summed E-state index contributed by atoms with van der Waals surface area (Å²) in [6.07, 6.45) is -0.809. The second-order valence-electron chi connectivity index (χ2n) is 7.07. The Kier molecular flexibility index (Phi) is 9.56. The van der Waals surface area contributed by atoms with Crippen molar-refractivity contribution in [1.29, 1.82) is 0 Å². The second-order valence-corrected chi connectivity index (χ2v) is 7.07. The summed E-state index contributed by atoms with van der Waals surface area (Å²) in [6.45, 7) is 7.33. The van der Waals surface area contributed by atoms with Crippen molar-refractivity contribution in [3.63, 3.8) is 0 Å². The number of aliphatic hydroxyl groups excluding tert-OH is 1. The molecule has 7 nitrogen and oxygen atoms in total. The normalized spacial score (nSPS) is 20.4. The Morgan fingerprint density at radius 3 is 2.69 bits per heavy atom. The summed E-state index contributed by atoms with van der Waals surface area (Å²) < 4.78 is 34.2. The highest BCUT2D eigenvalue weighted by atomic mass is 19.3. The molecule has 0 saturated carbocycles. The van der Waals surface area contributed by atoms with E-state index in [4.69, 9.17) is 4.74 Å². The van der Waals surface area contributed by atoms with Crippen LogP contribution in [0.2, 0.25) is 0 Å². The molecule has 164 valence electrons. The van der Waals surface area contributed by atoms with E-state index in [1.54, 1.807) is 12.1 Å². The highest BCUT2D eigenvalue weighted by Gasteiger charge is 2.23. The zero-order valence-corrected chi connectivity index (χ0v) is 17.3. The zero-order chi connectivity index (χ0) is 21.2. The quantitative estimate of drug-likeness (QED) is 0.424. The van der Waals surface area contributed by atoms with E-state index in [1.807, 2.05) is 6.92 Å². The van der Waals surface area contributed by atoms with Gasteiger partial charge in [-0.1, -0.05) is 12.1 Å². The molecule has 0 aromatic heterocycles. The number of hydrogen-bond donors (Lipinski definition) is 3. The molecule has 3 atom stereocenters. The fraction of sp³-hybridized carbons (Fsp3) is 0.650. The van der Waals surface area contributed by atoms with E-state index in [2.05, 4.69) is 39.1 Å². The molecule has 1 fully saturated rings. The molecule has 2 rings (SSSR count). The largest absolute Gasteiger partial charge is 0.435 e. The minimum absolute atomic E-state index is 0.0603. The van der Waals surface area contributed by atoms with E-state index < -0.39 is 12.7 Å². The molecular weight excluding hydrogens is 382 g/mol. The van der Waals surface area contributed by atoms with Gasteiger partial charge in [-0.3, -0.25) is 9.89 Å². The smallest absolute Gasteiger partial charge is 0.387 e. The third kappa shape index (κ3) is 7.75. The molecular formula is C20H32F2N4O3. The molecule has 3 unspecified atom stereocenters. The van der Waals surface area contributed by atoms with Gasteiger partial charge in [0, 0.05) is 31.7 Å². The molecule has 1 aliphatic rings. The molecule has 0 amide bonds. The number of aliphatic hydroxyl groups is 1. The first kappa shape index (κ1) is 23.3. The Morgan fingerprint density at radius 2 is 2.07 bits per heavy atom. The van der Waals surface area contributed by atoms with Crippen LogP contribution >= 0.6 is 0 Å². The van der Waals surface area contributed by atoms with Gasteiger partial charge in [-0.25, -0.2) is 0 Å². The minimum Gasteiger partial charge on any atom is -0.435 e. The zero-order valence-electron chi connectivity index (χ0n) is 17.3. The van der Waals surface area contributed by atoms with E-state index in [9.17, 15) is 13.9 Å². The number of alkyl halides is 2. The topological polar surface area (TPSA) is 78.4 Å². The van der Waals surface area contributed by atoms with Gasteiger partial charge in [-0.05, 0) is 38.5 Å². The van der Waals surface area contributed by atoms with Crippen LogP contribution in [-0.2, 0) is 4.74 Å². The second kappa shape index (κ2) is 11.9. The number of aliphatic imine (C=N–C) groups is 1. The fourth-order valence-electron chi connectivity index (χ4n) is 3.25. The van der Waals surface area contributed by atoms with Crippen LogP contribution < -0.4 is 15.4 Å². The summed E-state index contributed by atoms with van der Waals surface area (Å²) in [5.41, 5.74) is 0.602. The number of hydrogen-bond acceptors (Lipinski definition) is 5. The van der Waals surface area contributed by atoms with Crippen molar-refractivity contribution in [3.8, 4) is 5.75 Å². The highest BCUT2D eigenvalue weighted by Crippen LogP contribution is 2.19. The van der Waals surface area contributed by atoms with Crippen molar-refractivity contribution in [1.82, 2.24) is 15.5 Å². The lowest BCUT2D eigenvalue weighted by Gasteiger charge is -2.37. The predicted octanol–water partition coefficient (Wildman–Crippen LogP) is 1.99. The Hall–Kier alpha value is -1.97. The van der Waals surface area contributed by atoms with E-state index in [-0.39, 0.29) is 18.3 Å². The van der Waals surface area contributed by atoms with E-state index in [1.165, 1.54) is 12.1 Å². The summed E-state index contributed by atoms with van der Waals surface area (Å²) in [5.74, 6) is 0.683. The Balaban J connectivity index is 1.87. The van der Waals surface area contributed by atoms with Crippen molar-refractivity contribution in [2.45, 2.75) is 45.6 Å². The first-order valence-corrected chi connectivity index (χ1v) is 9.99. The van der Waals surface area contributed by atoms with Crippen LogP contribution in [0.15, 0.2) is 29.3 Å². The molecule has 3 N–H and O–H groups in total. The van der Waals surface area contributed by atoms with E-state index in [0.717, 1.165) is 19.8 Å². The van der Waals surface area contributed by atoms with Crippen LogP contribution in [0.25, 0.3) is 0 Å². The maximum atomic E-state index is 12.2. The maximum absolute atomic E-state index is 12.2. The van der Waals surface area contributed by atoms with Crippen molar-refractivity contribution in [3.05, 3.63) is 29.8 Å². The van der Waals surface area contributed by atoms with Gasteiger partial charge in [0.1, 0.15) is 5.75 Å². The summed E-state index contributed by atoms with van der Waals surface area (Å²) in [5, 5.41) is 16.7. The Labute approximate surface area is 171 Å². The number of ether oxygens (including phenoxy) is 2. The van der Waals surface area contributed by atoms with Gasteiger partial charge in [0.2, 0.25) is 0 Å². The monoisotopic (exact) mass is 414 g/mol. The van der Waals surface area contributed by atoms with Crippen LogP contribution in [-0.4, -0.2) is 74.1 Å². The average molecular weight is 414 g/mol. The van der Waals surface area contributed by atoms with Gasteiger partial charge < -0.3 is 25.2 Å². The van der Waals surface area contributed by atoms with Crippen LogP contribution in [0, 0.1) is 0 Å². The van der Waals surface area contributed by atoms with Gasteiger partial charge in [0.15, 0.2) is 5.96 Å². The molecule has 0 spiro atoms. The van der Waals surface area contributed by atoms with Gasteiger partial charge >= 0.3 is 6.61 Å². The molecule has 1 aromatic carbocycles. The summed E-state index contributed by atoms with van der Waals surface area (Å²) in [7, 11) is 0. The molecule has 1 saturated heterocycles. The Bertz CT molecular complexity index is 631. The van der Waals surface area contributed by atoms with Crippen LogP contribution in [0.3, 0.4) is 0 Å². The minimum atomic E-state index is -2.87. The van der Waals surface area contributed by atoms with Crippen LogP contribution in [0.4, 0.5) is 8.78 Å². The van der Waals surface area contributed by atoms with Gasteiger partial charge in [0.05, 0.1) is 25.9 Å². The molecule has 1 aromatic rings. The molecule has 0 radical (unpaired) electrons. The van der Waals surface area contributed by atoms with Crippen LogP contribution in [0.5, 0.6) is 5.75 Å². The first-order chi connectivity index (χ1) is 13.9. The fourth-order valence-corrected chi connectivity index (χ4v) is 3.25. The maximum Gasteiger partial charge on any atom is 0.387 e. The van der Waals surface area contributed by atoms with Gasteiger partial charge in [-0.15, -0.1) is 0 Å². The van der Waals surface area contributed by atoms with E-state index in [0.29, 0.717) is 30.7 Å². The van der Waals surface area contributed by atoms with E-state index >= 15 is 0 Å². The molecule has 1 aliphatic heterocycles. The number of halogens is 2. The standard InChI is InChI=1S/C20H32F2N4O3/c1-4-23-20(24-11-14(2)26-9-10-28-13-15(26)3)25-12-18(27)16-5-7-17(8-6-16)29-19(21)22/h5-8,14-15,18-19,27H,4,9-13H2,1-3H3,(H2,23,24,25). The molecule has 9 heteroatoms. The van der Waals surface area contributed by atoms with Gasteiger partial charge in [0.25, 0.3) is 0 Å². The number of benzene rings is 1. The lowest BCUT2D eigenvalue weighted by Crippen LogP contribution is -2.49. The molecule has 0 bridgehead atoms. The summed E-state index contributed by atoms with van der Waals surface area (Å²) in [4.78, 5) is 7.02. The summed E-state index contributed by atoms with van der Waals surface area (Å²) in [6, 6.07) is 6.59.